The zero-order valence-electron chi connectivity index (χ0n) is 10.7. The molecule has 1 heterocycles. The van der Waals surface area contributed by atoms with Crippen LogP contribution in [0.4, 0.5) is 0 Å². The SMILES string of the molecule is Cc1cc(C)c(C(=O)NCCC(O)C(=O)O)c(=O)[nH]1. The quantitative estimate of drug-likeness (QED) is 0.577. The average molecular weight is 268 g/mol. The summed E-state index contributed by atoms with van der Waals surface area (Å²) in [5.74, 6) is -1.94. The van der Waals surface area contributed by atoms with Gasteiger partial charge in [0.2, 0.25) is 0 Å². The zero-order chi connectivity index (χ0) is 14.6. The van der Waals surface area contributed by atoms with Gasteiger partial charge in [-0.2, -0.15) is 0 Å². The van der Waals surface area contributed by atoms with Gasteiger partial charge in [0.1, 0.15) is 5.56 Å². The minimum Gasteiger partial charge on any atom is -0.479 e. The maximum atomic E-state index is 11.8. The molecular formula is C12H16N2O5. The van der Waals surface area contributed by atoms with Crippen molar-refractivity contribution in [2.24, 2.45) is 0 Å². The molecule has 0 aliphatic carbocycles. The summed E-state index contributed by atoms with van der Waals surface area (Å²) in [5, 5.41) is 19.9. The summed E-state index contributed by atoms with van der Waals surface area (Å²) in [6.45, 7) is 3.32. The Bertz CT molecular complexity index is 550. The van der Waals surface area contributed by atoms with Crippen molar-refractivity contribution in [2.75, 3.05) is 6.54 Å². The highest BCUT2D eigenvalue weighted by atomic mass is 16.4. The number of H-pyrrole nitrogens is 1. The molecule has 1 rings (SSSR count). The lowest BCUT2D eigenvalue weighted by atomic mass is 10.1. The van der Waals surface area contributed by atoms with E-state index in [2.05, 4.69) is 10.3 Å². The molecule has 1 atom stereocenters. The summed E-state index contributed by atoms with van der Waals surface area (Å²) in [6, 6.07) is 1.67. The standard InChI is InChI=1S/C12H16N2O5/c1-6-5-7(2)14-11(17)9(6)10(16)13-4-3-8(15)12(18)19/h5,8,15H,3-4H2,1-2H3,(H,13,16)(H,14,17)(H,18,19). The smallest absolute Gasteiger partial charge is 0.332 e. The number of nitrogens with one attached hydrogen (secondary N) is 2. The fraction of sp³-hybridized carbons (Fsp3) is 0.417. The number of aliphatic carboxylic acids is 1. The predicted octanol–water partition coefficient (Wildman–Crippen LogP) is -0.443. The third kappa shape index (κ3) is 3.92. The molecule has 0 fully saturated rings. The topological polar surface area (TPSA) is 119 Å². The first-order valence-electron chi connectivity index (χ1n) is 5.72. The van der Waals surface area contributed by atoms with Gasteiger partial charge < -0.3 is 20.5 Å². The van der Waals surface area contributed by atoms with Crippen LogP contribution in [0, 0.1) is 13.8 Å². The van der Waals surface area contributed by atoms with E-state index in [1.165, 1.54) is 0 Å². The van der Waals surface area contributed by atoms with Crippen molar-refractivity contribution in [3.63, 3.8) is 0 Å². The van der Waals surface area contributed by atoms with Gasteiger partial charge in [-0.25, -0.2) is 4.79 Å². The van der Waals surface area contributed by atoms with Gasteiger partial charge in [0, 0.05) is 18.7 Å². The molecule has 104 valence electrons. The van der Waals surface area contributed by atoms with E-state index in [-0.39, 0.29) is 18.5 Å². The Balaban J connectivity index is 2.70. The second kappa shape index (κ2) is 6.14. The average Bonchev–Trinajstić information content (AvgIpc) is 2.26. The van der Waals surface area contributed by atoms with E-state index in [1.807, 2.05) is 0 Å². The van der Waals surface area contributed by atoms with E-state index in [0.29, 0.717) is 11.3 Å². The Morgan fingerprint density at radius 3 is 2.58 bits per heavy atom. The van der Waals surface area contributed by atoms with Crippen molar-refractivity contribution >= 4 is 11.9 Å². The number of carboxylic acids is 1. The fourth-order valence-corrected chi connectivity index (χ4v) is 1.67. The second-order valence-electron chi connectivity index (χ2n) is 4.24. The Labute approximate surface area is 109 Å². The van der Waals surface area contributed by atoms with E-state index >= 15 is 0 Å². The Hall–Kier alpha value is -2.15. The molecule has 0 bridgehead atoms. The number of pyridine rings is 1. The molecule has 0 spiro atoms. The van der Waals surface area contributed by atoms with Crippen LogP contribution in [0.25, 0.3) is 0 Å². The van der Waals surface area contributed by atoms with Crippen molar-refractivity contribution in [2.45, 2.75) is 26.4 Å². The molecule has 1 amide bonds. The number of rotatable bonds is 5. The number of carbonyl (C=O) groups excluding carboxylic acids is 1. The molecule has 1 unspecified atom stereocenters. The summed E-state index contributed by atoms with van der Waals surface area (Å²) >= 11 is 0. The van der Waals surface area contributed by atoms with Crippen LogP contribution in [-0.2, 0) is 4.79 Å². The third-order valence-corrected chi connectivity index (χ3v) is 2.58. The first-order valence-corrected chi connectivity index (χ1v) is 5.72. The summed E-state index contributed by atoms with van der Waals surface area (Å²) in [5.41, 5.74) is 0.696. The van der Waals surface area contributed by atoms with Crippen LogP contribution in [0.1, 0.15) is 28.0 Å². The lowest BCUT2D eigenvalue weighted by Gasteiger charge is -2.09. The van der Waals surface area contributed by atoms with Gasteiger partial charge in [-0.1, -0.05) is 0 Å². The molecule has 0 saturated heterocycles. The zero-order valence-corrected chi connectivity index (χ0v) is 10.7. The number of aryl methyl sites for hydroxylation is 2. The number of aromatic nitrogens is 1. The van der Waals surface area contributed by atoms with Gasteiger partial charge in [0.25, 0.3) is 11.5 Å². The van der Waals surface area contributed by atoms with Crippen molar-refractivity contribution in [3.05, 3.63) is 33.2 Å². The van der Waals surface area contributed by atoms with Crippen LogP contribution in [-0.4, -0.2) is 39.7 Å². The Morgan fingerprint density at radius 2 is 2.05 bits per heavy atom. The summed E-state index contributed by atoms with van der Waals surface area (Å²) < 4.78 is 0. The van der Waals surface area contributed by atoms with Crippen LogP contribution < -0.4 is 10.9 Å². The maximum Gasteiger partial charge on any atom is 0.332 e. The highest BCUT2D eigenvalue weighted by Gasteiger charge is 2.16. The molecule has 4 N–H and O–H groups in total. The highest BCUT2D eigenvalue weighted by molar-refractivity contribution is 5.95. The lowest BCUT2D eigenvalue weighted by molar-refractivity contribution is -0.146. The molecule has 0 aliphatic heterocycles. The number of carbonyl (C=O) groups is 2. The van der Waals surface area contributed by atoms with Gasteiger partial charge >= 0.3 is 5.97 Å². The molecular weight excluding hydrogens is 252 g/mol. The molecule has 0 aromatic carbocycles. The minimum absolute atomic E-state index is 0.00425. The number of aromatic amines is 1. The molecule has 7 nitrogen and oxygen atoms in total. The first kappa shape index (κ1) is 14.9. The van der Waals surface area contributed by atoms with Crippen molar-refractivity contribution in [3.8, 4) is 0 Å². The van der Waals surface area contributed by atoms with Gasteiger partial charge in [0.15, 0.2) is 6.10 Å². The summed E-state index contributed by atoms with van der Waals surface area (Å²) in [4.78, 5) is 36.3. The van der Waals surface area contributed by atoms with Crippen molar-refractivity contribution in [1.29, 1.82) is 0 Å². The Morgan fingerprint density at radius 1 is 1.42 bits per heavy atom. The molecule has 1 aromatic heterocycles. The van der Waals surface area contributed by atoms with Crippen LogP contribution >= 0.6 is 0 Å². The van der Waals surface area contributed by atoms with Crippen LogP contribution in [0.15, 0.2) is 10.9 Å². The number of hydrogen-bond donors (Lipinski definition) is 4. The third-order valence-electron chi connectivity index (χ3n) is 2.58. The van der Waals surface area contributed by atoms with Crippen LogP contribution in [0.3, 0.4) is 0 Å². The van der Waals surface area contributed by atoms with Gasteiger partial charge in [-0.3, -0.25) is 9.59 Å². The maximum absolute atomic E-state index is 11.8. The second-order valence-corrected chi connectivity index (χ2v) is 4.24. The van der Waals surface area contributed by atoms with Gasteiger partial charge in [-0.15, -0.1) is 0 Å². The molecule has 19 heavy (non-hydrogen) atoms. The molecule has 7 heteroatoms. The molecule has 0 radical (unpaired) electrons. The lowest BCUT2D eigenvalue weighted by Crippen LogP contribution is -2.34. The number of amides is 1. The largest absolute Gasteiger partial charge is 0.479 e. The number of aliphatic hydroxyl groups excluding tert-OH is 1. The Kier molecular flexibility index (Phi) is 4.82. The van der Waals surface area contributed by atoms with Crippen LogP contribution in [0.5, 0.6) is 0 Å². The molecule has 0 aliphatic rings. The van der Waals surface area contributed by atoms with E-state index in [1.54, 1.807) is 19.9 Å². The van der Waals surface area contributed by atoms with E-state index < -0.39 is 23.5 Å². The summed E-state index contributed by atoms with van der Waals surface area (Å²) in [6.07, 6.45) is -1.65. The van der Waals surface area contributed by atoms with E-state index in [4.69, 9.17) is 10.2 Å². The van der Waals surface area contributed by atoms with Gasteiger partial charge in [0.05, 0.1) is 0 Å². The number of aliphatic hydroxyl groups is 1. The van der Waals surface area contributed by atoms with Crippen LogP contribution in [0.2, 0.25) is 0 Å². The number of carboxylic acid groups (broad SMARTS) is 1. The van der Waals surface area contributed by atoms with Gasteiger partial charge in [-0.05, 0) is 25.5 Å². The molecule has 1 aromatic rings. The van der Waals surface area contributed by atoms with E-state index in [0.717, 1.165) is 0 Å². The summed E-state index contributed by atoms with van der Waals surface area (Å²) in [7, 11) is 0. The van der Waals surface area contributed by atoms with Crippen molar-refractivity contribution < 1.29 is 19.8 Å². The number of hydrogen-bond acceptors (Lipinski definition) is 4. The van der Waals surface area contributed by atoms with Crippen molar-refractivity contribution in [1.82, 2.24) is 10.3 Å². The normalized spacial score (nSPS) is 11.9. The molecule has 0 saturated carbocycles. The first-order chi connectivity index (χ1) is 8.82. The monoisotopic (exact) mass is 268 g/mol. The van der Waals surface area contributed by atoms with E-state index in [9.17, 15) is 14.4 Å². The predicted molar refractivity (Wildman–Crippen MR) is 67.1 cm³/mol. The highest BCUT2D eigenvalue weighted by Crippen LogP contribution is 2.03. The fourth-order valence-electron chi connectivity index (χ4n) is 1.67. The minimum atomic E-state index is -1.53.